The standard InChI is InChI=1S/C25H26ClN3O3/c1-16-6-2-3-9-21(16)29-22-10-4-8-19(22)24(28-29)25(30)27-20-14-17(26)11-12-23(20)32-15-18-7-5-13-31-18/h2-3,6,9,11-12,14,18H,4-5,7-8,10,13,15H2,1H3,(H,27,30). The molecule has 1 saturated heterocycles. The summed E-state index contributed by atoms with van der Waals surface area (Å²) in [5.41, 5.74) is 5.27. The van der Waals surface area contributed by atoms with Gasteiger partial charge in [0, 0.05) is 22.9 Å². The van der Waals surface area contributed by atoms with Crippen LogP contribution in [0.1, 0.15) is 46.6 Å². The van der Waals surface area contributed by atoms with Crippen LogP contribution in [0.4, 0.5) is 5.69 Å². The van der Waals surface area contributed by atoms with Crippen molar-refractivity contribution >= 4 is 23.2 Å². The highest BCUT2D eigenvalue weighted by Gasteiger charge is 2.28. The van der Waals surface area contributed by atoms with Gasteiger partial charge in [-0.2, -0.15) is 5.10 Å². The minimum atomic E-state index is -0.250. The highest BCUT2D eigenvalue weighted by molar-refractivity contribution is 6.31. The molecule has 1 aliphatic carbocycles. The van der Waals surface area contributed by atoms with Gasteiger partial charge in [0.2, 0.25) is 0 Å². The molecule has 32 heavy (non-hydrogen) atoms. The zero-order valence-corrected chi connectivity index (χ0v) is 18.8. The van der Waals surface area contributed by atoms with Crippen molar-refractivity contribution in [2.75, 3.05) is 18.5 Å². The number of ether oxygens (including phenoxy) is 2. The van der Waals surface area contributed by atoms with Gasteiger partial charge in [-0.3, -0.25) is 4.79 Å². The lowest BCUT2D eigenvalue weighted by atomic mass is 10.1. The fourth-order valence-corrected chi connectivity index (χ4v) is 4.66. The van der Waals surface area contributed by atoms with Crippen molar-refractivity contribution in [1.29, 1.82) is 0 Å². The molecule has 2 heterocycles. The van der Waals surface area contributed by atoms with E-state index in [0.717, 1.165) is 61.2 Å². The van der Waals surface area contributed by atoms with Crippen molar-refractivity contribution in [2.24, 2.45) is 0 Å². The van der Waals surface area contributed by atoms with Gasteiger partial charge >= 0.3 is 0 Å². The molecular formula is C25H26ClN3O3. The van der Waals surface area contributed by atoms with Crippen LogP contribution in [-0.4, -0.2) is 35.0 Å². The van der Waals surface area contributed by atoms with E-state index in [2.05, 4.69) is 18.3 Å². The second-order valence-corrected chi connectivity index (χ2v) is 8.80. The normalized spacial score (nSPS) is 17.4. The van der Waals surface area contributed by atoms with E-state index in [1.54, 1.807) is 18.2 Å². The van der Waals surface area contributed by atoms with E-state index in [1.807, 2.05) is 22.9 Å². The Kier molecular flexibility index (Phi) is 5.89. The smallest absolute Gasteiger partial charge is 0.276 e. The van der Waals surface area contributed by atoms with Crippen molar-refractivity contribution in [1.82, 2.24) is 9.78 Å². The Labute approximate surface area is 192 Å². The van der Waals surface area contributed by atoms with E-state index in [-0.39, 0.29) is 12.0 Å². The quantitative estimate of drug-likeness (QED) is 0.564. The number of hydrogen-bond donors (Lipinski definition) is 1. The first-order valence-electron chi connectivity index (χ1n) is 11.1. The van der Waals surface area contributed by atoms with Crippen molar-refractivity contribution in [2.45, 2.75) is 45.1 Å². The number of aryl methyl sites for hydroxylation is 1. The van der Waals surface area contributed by atoms with E-state index in [4.69, 9.17) is 26.2 Å². The zero-order chi connectivity index (χ0) is 22.1. The molecule has 1 fully saturated rings. The second kappa shape index (κ2) is 8.96. The maximum Gasteiger partial charge on any atom is 0.276 e. The highest BCUT2D eigenvalue weighted by Crippen LogP contribution is 2.32. The number of para-hydroxylation sites is 1. The van der Waals surface area contributed by atoms with E-state index >= 15 is 0 Å². The lowest BCUT2D eigenvalue weighted by molar-refractivity contribution is 0.0682. The fourth-order valence-electron chi connectivity index (χ4n) is 4.49. The highest BCUT2D eigenvalue weighted by atomic mass is 35.5. The molecule has 1 atom stereocenters. The molecule has 2 aromatic carbocycles. The number of hydrogen-bond acceptors (Lipinski definition) is 4. The summed E-state index contributed by atoms with van der Waals surface area (Å²) in [6.45, 7) is 3.27. The number of benzene rings is 2. The molecule has 0 saturated carbocycles. The molecule has 1 aliphatic heterocycles. The summed E-state index contributed by atoms with van der Waals surface area (Å²) >= 11 is 6.22. The van der Waals surface area contributed by atoms with E-state index < -0.39 is 0 Å². The van der Waals surface area contributed by atoms with Crippen LogP contribution in [0.5, 0.6) is 5.75 Å². The third-order valence-electron chi connectivity index (χ3n) is 6.13. The van der Waals surface area contributed by atoms with Gasteiger partial charge in [-0.05, 0) is 68.9 Å². The number of fused-ring (bicyclic) bond motifs is 1. The number of rotatable bonds is 6. The summed E-state index contributed by atoms with van der Waals surface area (Å²) in [6, 6.07) is 13.3. The minimum absolute atomic E-state index is 0.0855. The summed E-state index contributed by atoms with van der Waals surface area (Å²) in [4.78, 5) is 13.3. The van der Waals surface area contributed by atoms with Gasteiger partial charge < -0.3 is 14.8 Å². The Balaban J connectivity index is 1.42. The predicted octanol–water partition coefficient (Wildman–Crippen LogP) is 5.13. The van der Waals surface area contributed by atoms with E-state index in [9.17, 15) is 4.79 Å². The Morgan fingerprint density at radius 3 is 2.94 bits per heavy atom. The third-order valence-corrected chi connectivity index (χ3v) is 6.36. The molecule has 3 aromatic rings. The molecule has 166 valence electrons. The summed E-state index contributed by atoms with van der Waals surface area (Å²) in [7, 11) is 0. The maximum atomic E-state index is 13.3. The molecule has 1 amide bonds. The van der Waals surface area contributed by atoms with Crippen LogP contribution in [-0.2, 0) is 17.6 Å². The van der Waals surface area contributed by atoms with Crippen LogP contribution >= 0.6 is 11.6 Å². The number of anilines is 1. The molecule has 0 radical (unpaired) electrons. The SMILES string of the molecule is Cc1ccccc1-n1nc(C(=O)Nc2cc(Cl)ccc2OCC2CCCO2)c2c1CCC2. The molecule has 0 spiro atoms. The largest absolute Gasteiger partial charge is 0.489 e. The molecule has 1 unspecified atom stereocenters. The second-order valence-electron chi connectivity index (χ2n) is 8.37. The average Bonchev–Trinajstić information content (AvgIpc) is 3.52. The number of halogens is 1. The number of nitrogens with one attached hydrogen (secondary N) is 1. The molecule has 5 rings (SSSR count). The number of aromatic nitrogens is 2. The number of amides is 1. The monoisotopic (exact) mass is 451 g/mol. The third kappa shape index (κ3) is 4.12. The summed E-state index contributed by atoms with van der Waals surface area (Å²) in [5.74, 6) is 0.327. The Morgan fingerprint density at radius 1 is 1.25 bits per heavy atom. The summed E-state index contributed by atoms with van der Waals surface area (Å²) in [6.07, 6.45) is 4.90. The molecular weight excluding hydrogens is 426 g/mol. The molecule has 1 aromatic heterocycles. The van der Waals surface area contributed by atoms with Gasteiger partial charge in [-0.15, -0.1) is 0 Å². The van der Waals surface area contributed by atoms with Gasteiger partial charge in [0.05, 0.1) is 17.5 Å². The maximum absolute atomic E-state index is 13.3. The minimum Gasteiger partial charge on any atom is -0.489 e. The fraction of sp³-hybridized carbons (Fsp3) is 0.360. The number of nitrogens with zero attached hydrogens (tertiary/aromatic N) is 2. The van der Waals surface area contributed by atoms with Gasteiger partial charge in [-0.25, -0.2) is 4.68 Å². The van der Waals surface area contributed by atoms with Gasteiger partial charge in [0.15, 0.2) is 5.69 Å². The zero-order valence-electron chi connectivity index (χ0n) is 18.1. The molecule has 1 N–H and O–H groups in total. The number of carbonyl (C=O) groups is 1. The van der Waals surface area contributed by atoms with Crippen molar-refractivity contribution in [3.63, 3.8) is 0 Å². The van der Waals surface area contributed by atoms with Gasteiger partial charge in [0.1, 0.15) is 12.4 Å². The topological polar surface area (TPSA) is 65.4 Å². The average molecular weight is 452 g/mol. The predicted molar refractivity (Wildman–Crippen MR) is 124 cm³/mol. The van der Waals surface area contributed by atoms with Crippen LogP contribution in [0.25, 0.3) is 5.69 Å². The van der Waals surface area contributed by atoms with Gasteiger partial charge in [-0.1, -0.05) is 29.8 Å². The van der Waals surface area contributed by atoms with Crippen LogP contribution in [0.3, 0.4) is 0 Å². The molecule has 2 aliphatic rings. The summed E-state index contributed by atoms with van der Waals surface area (Å²) in [5, 5.41) is 8.25. The van der Waals surface area contributed by atoms with Crippen molar-refractivity contribution < 1.29 is 14.3 Å². The molecule has 0 bridgehead atoms. The van der Waals surface area contributed by atoms with Crippen molar-refractivity contribution in [3.05, 3.63) is 70.0 Å². The van der Waals surface area contributed by atoms with Crippen LogP contribution in [0, 0.1) is 6.92 Å². The summed E-state index contributed by atoms with van der Waals surface area (Å²) < 4.78 is 13.5. The molecule has 6 nitrogen and oxygen atoms in total. The lowest BCUT2D eigenvalue weighted by Gasteiger charge is -2.15. The molecule has 7 heteroatoms. The van der Waals surface area contributed by atoms with E-state index in [1.165, 1.54) is 0 Å². The van der Waals surface area contributed by atoms with E-state index in [0.29, 0.717) is 28.8 Å². The first-order chi connectivity index (χ1) is 15.6. The van der Waals surface area contributed by atoms with Crippen LogP contribution in [0.15, 0.2) is 42.5 Å². The van der Waals surface area contributed by atoms with Crippen LogP contribution < -0.4 is 10.1 Å². The first kappa shape index (κ1) is 21.0. The van der Waals surface area contributed by atoms with Crippen LogP contribution in [0.2, 0.25) is 5.02 Å². The Hall–Kier alpha value is -2.83. The lowest BCUT2D eigenvalue weighted by Crippen LogP contribution is -2.19. The van der Waals surface area contributed by atoms with Crippen molar-refractivity contribution in [3.8, 4) is 11.4 Å². The Morgan fingerprint density at radius 2 is 2.12 bits per heavy atom. The first-order valence-corrected chi connectivity index (χ1v) is 11.5. The van der Waals surface area contributed by atoms with Gasteiger partial charge in [0.25, 0.3) is 5.91 Å². The Bertz CT molecular complexity index is 1150. The number of carbonyl (C=O) groups excluding carboxylic acids is 1.